The minimum atomic E-state index is -0.511. The number of fused-ring (bicyclic) bond motifs is 1. The fraction of sp³-hybridized carbons (Fsp3) is 0.304. The first kappa shape index (κ1) is 17.8. The van der Waals surface area contributed by atoms with Crippen molar-refractivity contribution in [3.63, 3.8) is 0 Å². The van der Waals surface area contributed by atoms with Gasteiger partial charge in [-0.25, -0.2) is 0 Å². The molecular weight excluding hydrogens is 336 g/mol. The Bertz CT molecular complexity index is 858. The monoisotopic (exact) mass is 362 g/mol. The SMILES string of the molecule is C[C@@H]1c2cccn2CCN1C[C@H](O)COc1ccc(-c2ccccc2)cc1. The van der Waals surface area contributed by atoms with Gasteiger partial charge in [0.25, 0.3) is 0 Å². The van der Waals surface area contributed by atoms with Gasteiger partial charge in [0.1, 0.15) is 18.5 Å². The molecule has 2 aromatic carbocycles. The van der Waals surface area contributed by atoms with E-state index >= 15 is 0 Å². The minimum absolute atomic E-state index is 0.301. The van der Waals surface area contributed by atoms with Crippen molar-refractivity contribution in [1.29, 1.82) is 0 Å². The van der Waals surface area contributed by atoms with Crippen LogP contribution in [0.4, 0.5) is 0 Å². The number of nitrogens with zero attached hydrogens (tertiary/aromatic N) is 2. The van der Waals surface area contributed by atoms with Crippen LogP contribution in [0.15, 0.2) is 72.9 Å². The number of hydrogen-bond acceptors (Lipinski definition) is 3. The first-order valence-corrected chi connectivity index (χ1v) is 9.56. The number of aromatic nitrogens is 1. The van der Waals surface area contributed by atoms with Crippen molar-refractivity contribution < 1.29 is 9.84 Å². The van der Waals surface area contributed by atoms with E-state index in [1.807, 2.05) is 30.3 Å². The molecule has 0 saturated carbocycles. The van der Waals surface area contributed by atoms with E-state index in [-0.39, 0.29) is 0 Å². The van der Waals surface area contributed by atoms with Gasteiger partial charge in [-0.2, -0.15) is 0 Å². The molecule has 2 heterocycles. The zero-order valence-corrected chi connectivity index (χ0v) is 15.7. The van der Waals surface area contributed by atoms with Crippen LogP contribution in [0.1, 0.15) is 18.7 Å². The van der Waals surface area contributed by atoms with Gasteiger partial charge in [0.15, 0.2) is 0 Å². The molecule has 0 saturated heterocycles. The average Bonchev–Trinajstić information content (AvgIpc) is 3.19. The van der Waals surface area contributed by atoms with Crippen molar-refractivity contribution in [2.24, 2.45) is 0 Å². The Kier molecular flexibility index (Phi) is 5.28. The maximum absolute atomic E-state index is 10.4. The van der Waals surface area contributed by atoms with E-state index < -0.39 is 6.10 Å². The fourth-order valence-electron chi connectivity index (χ4n) is 3.77. The van der Waals surface area contributed by atoms with Gasteiger partial charge in [-0.1, -0.05) is 42.5 Å². The molecule has 1 aliphatic heterocycles. The number of ether oxygens (including phenoxy) is 1. The topological polar surface area (TPSA) is 37.6 Å². The van der Waals surface area contributed by atoms with E-state index in [4.69, 9.17) is 4.74 Å². The maximum Gasteiger partial charge on any atom is 0.119 e. The number of aliphatic hydroxyl groups is 1. The van der Waals surface area contributed by atoms with Gasteiger partial charge < -0.3 is 14.4 Å². The van der Waals surface area contributed by atoms with Crippen molar-refractivity contribution in [3.05, 3.63) is 78.6 Å². The van der Waals surface area contributed by atoms with E-state index in [9.17, 15) is 5.11 Å². The molecule has 2 atom stereocenters. The molecule has 0 unspecified atom stereocenters. The Labute approximate surface area is 160 Å². The Morgan fingerprint density at radius 1 is 0.963 bits per heavy atom. The highest BCUT2D eigenvalue weighted by Gasteiger charge is 2.25. The molecule has 4 rings (SSSR count). The average molecular weight is 362 g/mol. The van der Waals surface area contributed by atoms with Gasteiger partial charge in [-0.15, -0.1) is 0 Å². The lowest BCUT2D eigenvalue weighted by Gasteiger charge is -2.36. The molecule has 27 heavy (non-hydrogen) atoms. The summed E-state index contributed by atoms with van der Waals surface area (Å²) >= 11 is 0. The van der Waals surface area contributed by atoms with Crippen molar-refractivity contribution >= 4 is 0 Å². The van der Waals surface area contributed by atoms with Crippen LogP contribution in [0.25, 0.3) is 11.1 Å². The second kappa shape index (κ2) is 7.99. The van der Waals surface area contributed by atoms with Crippen LogP contribution in [0.2, 0.25) is 0 Å². The number of β-amino-alcohol motifs (C(OH)–C–C–N with tert-alkyl or cyclic N) is 1. The predicted molar refractivity (Wildman–Crippen MR) is 108 cm³/mol. The van der Waals surface area contributed by atoms with Crippen LogP contribution in [0.3, 0.4) is 0 Å². The number of aliphatic hydroxyl groups excluding tert-OH is 1. The van der Waals surface area contributed by atoms with Gasteiger partial charge in [-0.05, 0) is 42.3 Å². The van der Waals surface area contributed by atoms with Crippen molar-refractivity contribution in [1.82, 2.24) is 9.47 Å². The summed E-state index contributed by atoms with van der Waals surface area (Å²) in [6, 6.07) is 22.9. The van der Waals surface area contributed by atoms with E-state index in [0.29, 0.717) is 19.2 Å². The van der Waals surface area contributed by atoms with Crippen molar-refractivity contribution in [3.8, 4) is 16.9 Å². The quantitative estimate of drug-likeness (QED) is 0.721. The highest BCUT2D eigenvalue weighted by molar-refractivity contribution is 5.63. The lowest BCUT2D eigenvalue weighted by Crippen LogP contribution is -2.42. The van der Waals surface area contributed by atoms with Gasteiger partial charge in [0, 0.05) is 37.6 Å². The summed E-state index contributed by atoms with van der Waals surface area (Å²) in [5, 5.41) is 10.4. The number of hydrogen-bond donors (Lipinski definition) is 1. The van der Waals surface area contributed by atoms with Crippen LogP contribution >= 0.6 is 0 Å². The summed E-state index contributed by atoms with van der Waals surface area (Å²) in [6.07, 6.45) is 1.62. The van der Waals surface area contributed by atoms with Crippen LogP contribution in [0, 0.1) is 0 Å². The predicted octanol–water partition coefficient (Wildman–Crippen LogP) is 3.97. The first-order valence-electron chi connectivity index (χ1n) is 9.56. The second-order valence-corrected chi connectivity index (χ2v) is 7.15. The first-order chi connectivity index (χ1) is 13.2. The molecule has 1 N–H and O–H groups in total. The molecule has 0 amide bonds. The van der Waals surface area contributed by atoms with Crippen LogP contribution in [0.5, 0.6) is 5.75 Å². The molecule has 0 bridgehead atoms. The molecule has 3 aromatic rings. The fourth-order valence-corrected chi connectivity index (χ4v) is 3.77. The highest BCUT2D eigenvalue weighted by atomic mass is 16.5. The molecule has 0 fully saturated rings. The molecule has 4 nitrogen and oxygen atoms in total. The molecule has 0 radical (unpaired) electrons. The number of benzene rings is 2. The molecule has 0 aliphatic carbocycles. The smallest absolute Gasteiger partial charge is 0.119 e. The van der Waals surface area contributed by atoms with Gasteiger partial charge >= 0.3 is 0 Å². The lowest BCUT2D eigenvalue weighted by molar-refractivity contribution is 0.0453. The summed E-state index contributed by atoms with van der Waals surface area (Å²) in [5.74, 6) is 0.786. The summed E-state index contributed by atoms with van der Waals surface area (Å²) < 4.78 is 8.10. The Morgan fingerprint density at radius 2 is 1.70 bits per heavy atom. The van der Waals surface area contributed by atoms with Crippen LogP contribution in [-0.4, -0.2) is 40.4 Å². The third kappa shape index (κ3) is 4.07. The summed E-state index contributed by atoms with van der Waals surface area (Å²) in [4.78, 5) is 2.32. The normalized spacial score (nSPS) is 18.1. The zero-order valence-electron chi connectivity index (χ0n) is 15.7. The largest absolute Gasteiger partial charge is 0.491 e. The third-order valence-electron chi connectivity index (χ3n) is 5.32. The van der Waals surface area contributed by atoms with Crippen LogP contribution in [-0.2, 0) is 6.54 Å². The maximum atomic E-state index is 10.4. The zero-order chi connectivity index (χ0) is 18.6. The standard InChI is InChI=1S/C23H26N2O2/c1-18-23-8-5-13-24(23)14-15-25(18)16-21(26)17-27-22-11-9-20(10-12-22)19-6-3-2-4-7-19/h2-13,18,21,26H,14-17H2,1H3/t18-,21+/m1/s1. The number of rotatable bonds is 6. The van der Waals surface area contributed by atoms with E-state index in [1.165, 1.54) is 11.3 Å². The van der Waals surface area contributed by atoms with Crippen molar-refractivity contribution in [2.75, 3.05) is 19.7 Å². The van der Waals surface area contributed by atoms with Gasteiger partial charge in [0.2, 0.25) is 0 Å². The molecule has 1 aliphatic rings. The molecule has 140 valence electrons. The second-order valence-electron chi connectivity index (χ2n) is 7.15. The van der Waals surface area contributed by atoms with Crippen molar-refractivity contribution in [2.45, 2.75) is 25.6 Å². The summed E-state index contributed by atoms with van der Waals surface area (Å²) in [6.45, 7) is 5.04. The Morgan fingerprint density at radius 3 is 2.48 bits per heavy atom. The van der Waals surface area contributed by atoms with Crippen LogP contribution < -0.4 is 4.74 Å². The van der Waals surface area contributed by atoms with E-state index in [2.05, 4.69) is 59.0 Å². The summed E-state index contributed by atoms with van der Waals surface area (Å²) in [7, 11) is 0. The van der Waals surface area contributed by atoms with E-state index in [0.717, 1.165) is 24.4 Å². The molecule has 0 spiro atoms. The van der Waals surface area contributed by atoms with E-state index in [1.54, 1.807) is 0 Å². The Balaban J connectivity index is 1.30. The van der Waals surface area contributed by atoms with Gasteiger partial charge in [-0.3, -0.25) is 4.90 Å². The highest BCUT2D eigenvalue weighted by Crippen LogP contribution is 2.25. The van der Waals surface area contributed by atoms with Gasteiger partial charge in [0.05, 0.1) is 0 Å². The minimum Gasteiger partial charge on any atom is -0.491 e. The Hall–Kier alpha value is -2.56. The molecule has 1 aromatic heterocycles. The molecule has 4 heteroatoms. The third-order valence-corrected chi connectivity index (χ3v) is 5.32. The summed E-state index contributed by atoms with van der Waals surface area (Å²) in [5.41, 5.74) is 3.66. The lowest BCUT2D eigenvalue weighted by atomic mass is 10.1. The molecular formula is C23H26N2O2.